The van der Waals surface area contributed by atoms with Crippen LogP contribution in [0.25, 0.3) is 0 Å². The summed E-state index contributed by atoms with van der Waals surface area (Å²) in [6, 6.07) is 7.80. The minimum atomic E-state index is 0. The van der Waals surface area contributed by atoms with E-state index < -0.39 is 0 Å². The molecule has 0 saturated heterocycles. The number of halogens is 1. The maximum absolute atomic E-state index is 9.38. The van der Waals surface area contributed by atoms with E-state index in [1.165, 1.54) is 4.88 Å². The number of nitrogens with zero attached hydrogens (tertiary/aromatic N) is 2. The number of rotatable bonds is 6. The van der Waals surface area contributed by atoms with Crippen LogP contribution >= 0.6 is 35.3 Å². The second kappa shape index (κ2) is 10.6. The van der Waals surface area contributed by atoms with Crippen molar-refractivity contribution in [1.29, 1.82) is 0 Å². The zero-order valence-electron chi connectivity index (χ0n) is 14.3. The monoisotopic (exact) mass is 460 g/mol. The molecule has 0 saturated carbocycles. The molecule has 1 aromatic carbocycles. The van der Waals surface area contributed by atoms with Gasteiger partial charge in [-0.05, 0) is 31.9 Å². The van der Waals surface area contributed by atoms with E-state index in [2.05, 4.69) is 27.5 Å². The number of aryl methyl sites for hydroxylation is 2. The molecular weight excluding hydrogens is 435 g/mol. The van der Waals surface area contributed by atoms with Gasteiger partial charge in [-0.3, -0.25) is 0 Å². The molecule has 0 atom stereocenters. The Balaban J connectivity index is 0.00000288. The highest BCUT2D eigenvalue weighted by atomic mass is 127. The van der Waals surface area contributed by atoms with Crippen molar-refractivity contribution in [2.24, 2.45) is 4.99 Å². The molecule has 24 heavy (non-hydrogen) atoms. The number of aromatic nitrogens is 1. The molecule has 132 valence electrons. The quantitative estimate of drug-likeness (QED) is 0.352. The van der Waals surface area contributed by atoms with Crippen molar-refractivity contribution in [3.8, 4) is 0 Å². The van der Waals surface area contributed by atoms with E-state index >= 15 is 0 Å². The summed E-state index contributed by atoms with van der Waals surface area (Å²) >= 11 is 1.71. The number of aliphatic imine (C=N–C) groups is 1. The molecule has 0 aliphatic carbocycles. The van der Waals surface area contributed by atoms with Crippen molar-refractivity contribution >= 4 is 41.3 Å². The molecule has 2 rings (SSSR count). The number of guanidine groups is 1. The van der Waals surface area contributed by atoms with Crippen molar-refractivity contribution in [2.45, 2.75) is 40.5 Å². The molecule has 0 bridgehead atoms. The molecule has 3 N–H and O–H groups in total. The number of thiazole rings is 1. The third-order valence-electron chi connectivity index (χ3n) is 3.52. The van der Waals surface area contributed by atoms with Gasteiger partial charge in [-0.2, -0.15) is 0 Å². The predicted molar refractivity (Wildman–Crippen MR) is 111 cm³/mol. The minimum absolute atomic E-state index is 0. The Bertz CT molecular complexity index is 653. The first kappa shape index (κ1) is 20.9. The van der Waals surface area contributed by atoms with Gasteiger partial charge in [0.1, 0.15) is 5.01 Å². The number of hydrogen-bond donors (Lipinski definition) is 3. The topological polar surface area (TPSA) is 69.5 Å². The van der Waals surface area contributed by atoms with Crippen molar-refractivity contribution in [3.05, 3.63) is 51.0 Å². The fourth-order valence-corrected chi connectivity index (χ4v) is 3.02. The average Bonchev–Trinajstić information content (AvgIpc) is 2.88. The molecule has 0 fully saturated rings. The van der Waals surface area contributed by atoms with E-state index in [-0.39, 0.29) is 30.6 Å². The van der Waals surface area contributed by atoms with Gasteiger partial charge in [0.15, 0.2) is 5.96 Å². The summed E-state index contributed by atoms with van der Waals surface area (Å²) in [5.41, 5.74) is 3.04. The lowest BCUT2D eigenvalue weighted by Gasteiger charge is -2.11. The molecule has 0 aliphatic heterocycles. The Morgan fingerprint density at radius 3 is 2.50 bits per heavy atom. The fourth-order valence-electron chi connectivity index (χ4n) is 2.15. The fraction of sp³-hybridized carbons (Fsp3) is 0.412. The SMILES string of the molecule is CCNC(=NCc1ccccc1CO)NCc1nc(C)c(C)s1.I. The standard InChI is InChI=1S/C17H24N4OS.HI/c1-4-18-17(20-10-16-21-12(2)13(3)23-16)19-9-14-7-5-6-8-15(14)11-22;/h5-8,22H,4,9-11H2,1-3H3,(H2,18,19,20);1H. The Hall–Kier alpha value is -1.19. The first-order valence-electron chi connectivity index (χ1n) is 7.76. The summed E-state index contributed by atoms with van der Waals surface area (Å²) in [4.78, 5) is 10.4. The van der Waals surface area contributed by atoms with Gasteiger partial charge >= 0.3 is 0 Å². The van der Waals surface area contributed by atoms with E-state index in [0.29, 0.717) is 13.1 Å². The van der Waals surface area contributed by atoms with E-state index in [4.69, 9.17) is 0 Å². The van der Waals surface area contributed by atoms with Gasteiger partial charge in [-0.15, -0.1) is 35.3 Å². The van der Waals surface area contributed by atoms with E-state index in [9.17, 15) is 5.11 Å². The van der Waals surface area contributed by atoms with E-state index in [0.717, 1.165) is 34.3 Å². The van der Waals surface area contributed by atoms with Crippen LogP contribution in [0, 0.1) is 13.8 Å². The highest BCUT2D eigenvalue weighted by Gasteiger charge is 2.05. The van der Waals surface area contributed by atoms with Crippen LogP contribution < -0.4 is 10.6 Å². The second-order valence-electron chi connectivity index (χ2n) is 5.22. The number of nitrogens with one attached hydrogen (secondary N) is 2. The van der Waals surface area contributed by atoms with Crippen LogP contribution in [-0.4, -0.2) is 22.6 Å². The molecule has 2 aromatic rings. The average molecular weight is 460 g/mol. The maximum atomic E-state index is 9.38. The second-order valence-corrected chi connectivity index (χ2v) is 6.51. The van der Waals surface area contributed by atoms with Gasteiger partial charge in [0.25, 0.3) is 0 Å². The third kappa shape index (κ3) is 6.03. The lowest BCUT2D eigenvalue weighted by atomic mass is 10.1. The molecule has 0 radical (unpaired) electrons. The molecule has 1 heterocycles. The summed E-state index contributed by atoms with van der Waals surface area (Å²) < 4.78 is 0. The van der Waals surface area contributed by atoms with Gasteiger partial charge < -0.3 is 15.7 Å². The molecular formula is C17H25IN4OS. The highest BCUT2D eigenvalue weighted by Crippen LogP contribution is 2.16. The van der Waals surface area contributed by atoms with E-state index in [1.54, 1.807) is 11.3 Å². The van der Waals surface area contributed by atoms with Gasteiger partial charge in [0.05, 0.1) is 25.4 Å². The van der Waals surface area contributed by atoms with Crippen LogP contribution in [-0.2, 0) is 19.7 Å². The zero-order chi connectivity index (χ0) is 16.7. The van der Waals surface area contributed by atoms with Crippen LogP contribution in [0.5, 0.6) is 0 Å². The number of aliphatic hydroxyl groups excluding tert-OH is 1. The first-order chi connectivity index (χ1) is 11.1. The molecule has 0 unspecified atom stereocenters. The minimum Gasteiger partial charge on any atom is -0.392 e. The van der Waals surface area contributed by atoms with Crippen molar-refractivity contribution < 1.29 is 5.11 Å². The summed E-state index contributed by atoms with van der Waals surface area (Å²) in [6.07, 6.45) is 0. The van der Waals surface area contributed by atoms with E-state index in [1.807, 2.05) is 38.1 Å². The van der Waals surface area contributed by atoms with Gasteiger partial charge in [-0.25, -0.2) is 9.98 Å². The first-order valence-corrected chi connectivity index (χ1v) is 8.58. The molecule has 1 aromatic heterocycles. The Labute approximate surface area is 164 Å². The lowest BCUT2D eigenvalue weighted by Crippen LogP contribution is -2.36. The van der Waals surface area contributed by atoms with Crippen LogP contribution in [0.2, 0.25) is 0 Å². The van der Waals surface area contributed by atoms with Gasteiger partial charge in [-0.1, -0.05) is 24.3 Å². The van der Waals surface area contributed by atoms with Crippen molar-refractivity contribution in [1.82, 2.24) is 15.6 Å². The molecule has 7 heteroatoms. The Kier molecular flexibility index (Phi) is 9.24. The molecule has 0 aliphatic rings. The number of aliphatic hydroxyl groups is 1. The Morgan fingerprint density at radius 2 is 1.92 bits per heavy atom. The smallest absolute Gasteiger partial charge is 0.191 e. The maximum Gasteiger partial charge on any atom is 0.191 e. The van der Waals surface area contributed by atoms with Crippen LogP contribution in [0.4, 0.5) is 0 Å². The predicted octanol–water partition coefficient (Wildman–Crippen LogP) is 3.13. The summed E-state index contributed by atoms with van der Waals surface area (Å²) in [5.74, 6) is 0.755. The van der Waals surface area contributed by atoms with Crippen molar-refractivity contribution in [3.63, 3.8) is 0 Å². The summed E-state index contributed by atoms with van der Waals surface area (Å²) in [5, 5.41) is 17.0. The number of benzene rings is 1. The molecule has 5 nitrogen and oxygen atoms in total. The summed E-state index contributed by atoms with van der Waals surface area (Å²) in [6.45, 7) is 8.17. The molecule has 0 spiro atoms. The zero-order valence-corrected chi connectivity index (χ0v) is 17.4. The largest absolute Gasteiger partial charge is 0.392 e. The lowest BCUT2D eigenvalue weighted by molar-refractivity contribution is 0.280. The normalized spacial score (nSPS) is 11.1. The third-order valence-corrected chi connectivity index (χ3v) is 4.59. The van der Waals surface area contributed by atoms with Crippen LogP contribution in [0.3, 0.4) is 0 Å². The highest BCUT2D eigenvalue weighted by molar-refractivity contribution is 14.0. The van der Waals surface area contributed by atoms with Crippen molar-refractivity contribution in [2.75, 3.05) is 6.54 Å². The summed E-state index contributed by atoms with van der Waals surface area (Å²) in [7, 11) is 0. The van der Waals surface area contributed by atoms with Gasteiger partial charge in [0, 0.05) is 11.4 Å². The molecule has 0 amide bonds. The number of hydrogen-bond acceptors (Lipinski definition) is 4. The van der Waals surface area contributed by atoms with Crippen LogP contribution in [0.15, 0.2) is 29.3 Å². The van der Waals surface area contributed by atoms with Gasteiger partial charge in [0.2, 0.25) is 0 Å². The van der Waals surface area contributed by atoms with Crippen LogP contribution in [0.1, 0.15) is 33.6 Å². The Morgan fingerprint density at radius 1 is 1.21 bits per heavy atom.